The Morgan fingerprint density at radius 3 is 1.78 bits per heavy atom. The Morgan fingerprint density at radius 1 is 1.00 bits per heavy atom. The summed E-state index contributed by atoms with van der Waals surface area (Å²) in [5, 5.41) is 0. The standard InChI is InChI=1S/C2N2O2S3/c5-1-3-7-9-8-4-2-6. The molecular weight excluding hydrogens is 180 g/mol. The highest BCUT2D eigenvalue weighted by Crippen LogP contribution is 2.34. The lowest BCUT2D eigenvalue weighted by molar-refractivity contribution is 0.565. The summed E-state index contributed by atoms with van der Waals surface area (Å²) < 4.78 is 6.21. The van der Waals surface area contributed by atoms with Crippen LogP contribution in [0.15, 0.2) is 8.80 Å². The van der Waals surface area contributed by atoms with Crippen LogP contribution in [0.3, 0.4) is 0 Å². The van der Waals surface area contributed by atoms with Gasteiger partial charge in [-0.2, -0.15) is 0 Å². The first kappa shape index (κ1) is 8.81. The Hall–Kier alpha value is -0.190. The number of hydrogen-bond acceptors (Lipinski definition) is 7. The van der Waals surface area contributed by atoms with Gasteiger partial charge in [0.1, 0.15) is 0 Å². The molecule has 0 aliphatic carbocycles. The summed E-state index contributed by atoms with van der Waals surface area (Å²) in [5.41, 5.74) is 0. The third kappa shape index (κ3) is 7.81. The van der Waals surface area contributed by atoms with Gasteiger partial charge >= 0.3 is 0 Å². The number of hydrogen-bond donors (Lipinski definition) is 0. The van der Waals surface area contributed by atoms with Crippen LogP contribution < -0.4 is 0 Å². The van der Waals surface area contributed by atoms with Crippen LogP contribution >= 0.6 is 31.8 Å². The summed E-state index contributed by atoms with van der Waals surface area (Å²) in [6.07, 6.45) is 2.62. The molecule has 0 bridgehead atoms. The highest BCUT2D eigenvalue weighted by Gasteiger charge is 1.83. The summed E-state index contributed by atoms with van der Waals surface area (Å²) in [6, 6.07) is 0. The molecule has 0 atom stereocenters. The number of isocyanates is 2. The van der Waals surface area contributed by atoms with E-state index in [9.17, 15) is 9.59 Å². The maximum Gasteiger partial charge on any atom is 0.248 e. The van der Waals surface area contributed by atoms with Crippen molar-refractivity contribution in [2.75, 3.05) is 0 Å². The zero-order chi connectivity index (χ0) is 6.95. The maximum atomic E-state index is 9.39. The van der Waals surface area contributed by atoms with Crippen molar-refractivity contribution >= 4 is 43.9 Å². The third-order valence-electron chi connectivity index (χ3n) is 0.210. The number of carbonyl (C=O) groups excluding carboxylic acids is 2. The Kier molecular flexibility index (Phi) is 7.65. The number of nitrogens with zero attached hydrogens (tertiary/aromatic N) is 2. The molecule has 0 aromatic carbocycles. The molecule has 7 heteroatoms. The van der Waals surface area contributed by atoms with Gasteiger partial charge in [-0.25, -0.2) is 9.59 Å². The molecule has 0 saturated heterocycles. The van der Waals surface area contributed by atoms with Gasteiger partial charge in [-0.3, -0.25) is 0 Å². The summed E-state index contributed by atoms with van der Waals surface area (Å²) in [6.45, 7) is 0. The van der Waals surface area contributed by atoms with Gasteiger partial charge in [0, 0.05) is 9.83 Å². The second-order valence-electron chi connectivity index (χ2n) is 0.582. The molecule has 0 heterocycles. The second kappa shape index (κ2) is 7.81. The molecule has 0 spiro atoms. The van der Waals surface area contributed by atoms with Crippen LogP contribution in [0.1, 0.15) is 0 Å². The predicted octanol–water partition coefficient (Wildman–Crippen LogP) is 1.52. The van der Waals surface area contributed by atoms with Gasteiger partial charge in [0.05, 0.1) is 22.0 Å². The predicted molar refractivity (Wildman–Crippen MR) is 39.0 cm³/mol. The van der Waals surface area contributed by atoms with Crippen molar-refractivity contribution in [3.05, 3.63) is 0 Å². The van der Waals surface area contributed by atoms with Crippen molar-refractivity contribution in [2.24, 2.45) is 8.80 Å². The minimum atomic E-state index is 0.902. The maximum absolute atomic E-state index is 9.39. The lowest BCUT2D eigenvalue weighted by Crippen LogP contribution is -1.41. The molecule has 0 aliphatic heterocycles. The molecule has 0 fully saturated rings. The largest absolute Gasteiger partial charge is 0.248 e. The molecule has 0 radical (unpaired) electrons. The summed E-state index contributed by atoms with van der Waals surface area (Å²) in [4.78, 5) is 18.8. The highest BCUT2D eigenvalue weighted by atomic mass is 33.5. The van der Waals surface area contributed by atoms with E-state index < -0.39 is 0 Å². The van der Waals surface area contributed by atoms with E-state index in [4.69, 9.17) is 0 Å². The molecule has 0 unspecified atom stereocenters. The second-order valence-corrected chi connectivity index (χ2v) is 3.91. The first-order chi connectivity index (χ1) is 4.41. The lowest BCUT2D eigenvalue weighted by Gasteiger charge is -1.77. The van der Waals surface area contributed by atoms with Gasteiger partial charge in [-0.15, -0.1) is 8.80 Å². The van der Waals surface area contributed by atoms with Gasteiger partial charge in [0.2, 0.25) is 12.2 Å². The van der Waals surface area contributed by atoms with Crippen molar-refractivity contribution in [2.45, 2.75) is 0 Å². The third-order valence-corrected chi connectivity index (χ3v) is 2.54. The molecule has 0 saturated carbocycles. The fourth-order valence-corrected chi connectivity index (χ4v) is 1.46. The average Bonchev–Trinajstić information content (AvgIpc) is 1.89. The van der Waals surface area contributed by atoms with Gasteiger partial charge in [-0.1, -0.05) is 0 Å². The van der Waals surface area contributed by atoms with E-state index in [-0.39, 0.29) is 0 Å². The Morgan fingerprint density at radius 2 is 1.44 bits per heavy atom. The van der Waals surface area contributed by atoms with Crippen molar-refractivity contribution in [3.63, 3.8) is 0 Å². The summed E-state index contributed by atoms with van der Waals surface area (Å²) >= 11 is 0. The van der Waals surface area contributed by atoms with Gasteiger partial charge < -0.3 is 0 Å². The van der Waals surface area contributed by atoms with E-state index in [0.717, 1.165) is 31.8 Å². The normalized spacial score (nSPS) is 7.11. The Bertz CT molecular complexity index is 141. The van der Waals surface area contributed by atoms with Gasteiger partial charge in [0.15, 0.2) is 0 Å². The summed E-state index contributed by atoms with van der Waals surface area (Å²) in [7, 11) is 2.88. The first-order valence-electron chi connectivity index (χ1n) is 1.55. The van der Waals surface area contributed by atoms with E-state index in [0.29, 0.717) is 0 Å². The molecule has 0 N–H and O–H groups in total. The fourth-order valence-electron chi connectivity index (χ4n) is 0.0745. The molecule has 0 aromatic heterocycles. The first-order valence-corrected chi connectivity index (χ1v) is 4.95. The summed E-state index contributed by atoms with van der Waals surface area (Å²) in [5.74, 6) is 0. The SMILES string of the molecule is O=C=NSSSN=C=O. The van der Waals surface area contributed by atoms with E-state index >= 15 is 0 Å². The quantitative estimate of drug-likeness (QED) is 0.216. The smallest absolute Gasteiger partial charge is 0.210 e. The van der Waals surface area contributed by atoms with Crippen LogP contribution in [0.2, 0.25) is 0 Å². The van der Waals surface area contributed by atoms with Crippen LogP contribution in [-0.2, 0) is 9.59 Å². The minimum absolute atomic E-state index is 0.902. The molecule has 0 rings (SSSR count). The average molecular weight is 180 g/mol. The lowest BCUT2D eigenvalue weighted by atomic mass is 11.7. The van der Waals surface area contributed by atoms with E-state index in [1.807, 2.05) is 0 Å². The topological polar surface area (TPSA) is 58.9 Å². The fraction of sp³-hybridized carbons (Fsp3) is 0. The molecular formula is C2N2O2S3. The van der Waals surface area contributed by atoms with Crippen LogP contribution in [0, 0.1) is 0 Å². The van der Waals surface area contributed by atoms with Crippen LogP contribution in [0.25, 0.3) is 0 Å². The van der Waals surface area contributed by atoms with Crippen molar-refractivity contribution in [1.82, 2.24) is 0 Å². The molecule has 0 amide bonds. The van der Waals surface area contributed by atoms with E-state index in [2.05, 4.69) is 8.80 Å². The number of rotatable bonds is 4. The van der Waals surface area contributed by atoms with Crippen molar-refractivity contribution < 1.29 is 9.59 Å². The zero-order valence-electron chi connectivity index (χ0n) is 3.94. The zero-order valence-corrected chi connectivity index (χ0v) is 6.39. The monoisotopic (exact) mass is 180 g/mol. The highest BCUT2D eigenvalue weighted by molar-refractivity contribution is 9.08. The molecule has 9 heavy (non-hydrogen) atoms. The molecule has 0 aliphatic rings. The Labute approximate surface area is 62.7 Å². The van der Waals surface area contributed by atoms with E-state index in [1.165, 1.54) is 12.2 Å². The van der Waals surface area contributed by atoms with Crippen LogP contribution in [0.5, 0.6) is 0 Å². The van der Waals surface area contributed by atoms with Gasteiger partial charge in [-0.05, 0) is 0 Å². The molecule has 48 valence electrons. The van der Waals surface area contributed by atoms with Crippen LogP contribution in [0.4, 0.5) is 0 Å². The van der Waals surface area contributed by atoms with Gasteiger partial charge in [0.25, 0.3) is 0 Å². The Balaban J connectivity index is 3.09. The molecule has 4 nitrogen and oxygen atoms in total. The van der Waals surface area contributed by atoms with E-state index in [1.54, 1.807) is 0 Å². The molecule has 0 aromatic rings. The van der Waals surface area contributed by atoms with Crippen LogP contribution in [-0.4, -0.2) is 12.2 Å². The van der Waals surface area contributed by atoms with Crippen molar-refractivity contribution in [3.8, 4) is 0 Å². The minimum Gasteiger partial charge on any atom is -0.210 e. The van der Waals surface area contributed by atoms with Crippen molar-refractivity contribution in [1.29, 1.82) is 0 Å².